The number of rotatable bonds is 4. The van der Waals surface area contributed by atoms with Gasteiger partial charge in [-0.3, -0.25) is 9.97 Å². The molecule has 3 aromatic heterocycles. The third-order valence-corrected chi connectivity index (χ3v) is 8.36. The number of hydrogen-bond acceptors (Lipinski definition) is 3. The zero-order chi connectivity index (χ0) is 28.0. The lowest BCUT2D eigenvalue weighted by Gasteiger charge is -2.32. The standard InChI is InChI=1S/C38H28N4/c1-41-35(29-17-16-26-8-2-3-9-28(26)24-29)14-7-15-38(41)34-12-6-11-33(40-34)27-18-20-30(21-19-27)42-36-13-5-4-10-31(36)32-25-39-23-22-37(32)42/h2-25,38H,1H3. The highest BCUT2D eigenvalue weighted by molar-refractivity contribution is 6.08. The van der Waals surface area contributed by atoms with Gasteiger partial charge in [0.2, 0.25) is 0 Å². The van der Waals surface area contributed by atoms with Gasteiger partial charge in [-0.2, -0.15) is 0 Å². The molecule has 0 fully saturated rings. The average Bonchev–Trinajstić information content (AvgIpc) is 3.39. The molecule has 200 valence electrons. The van der Waals surface area contributed by atoms with Crippen molar-refractivity contribution in [3.8, 4) is 16.9 Å². The first-order valence-electron chi connectivity index (χ1n) is 14.3. The summed E-state index contributed by atoms with van der Waals surface area (Å²) in [5.41, 5.74) is 8.93. The highest BCUT2D eigenvalue weighted by Gasteiger charge is 2.22. The van der Waals surface area contributed by atoms with Gasteiger partial charge in [-0.1, -0.05) is 84.9 Å². The Morgan fingerprint density at radius 2 is 1.45 bits per heavy atom. The van der Waals surface area contributed by atoms with Gasteiger partial charge in [-0.05, 0) is 64.9 Å². The molecule has 4 aromatic carbocycles. The third kappa shape index (κ3) is 4.00. The summed E-state index contributed by atoms with van der Waals surface area (Å²) in [5, 5.41) is 4.87. The van der Waals surface area contributed by atoms with Gasteiger partial charge in [-0.25, -0.2) is 0 Å². The fraction of sp³-hybridized carbons (Fsp3) is 0.0526. The monoisotopic (exact) mass is 540 g/mol. The number of para-hydroxylation sites is 1. The fourth-order valence-corrected chi connectivity index (χ4v) is 6.25. The first-order chi connectivity index (χ1) is 20.7. The van der Waals surface area contributed by atoms with E-state index < -0.39 is 0 Å². The molecule has 4 heteroatoms. The molecule has 0 radical (unpaired) electrons. The van der Waals surface area contributed by atoms with Crippen molar-refractivity contribution in [2.75, 3.05) is 7.05 Å². The molecule has 0 amide bonds. The van der Waals surface area contributed by atoms with E-state index in [1.807, 2.05) is 12.4 Å². The lowest BCUT2D eigenvalue weighted by Crippen LogP contribution is -2.24. The van der Waals surface area contributed by atoms with E-state index >= 15 is 0 Å². The average molecular weight is 541 g/mol. The SMILES string of the molecule is CN1C(c2ccc3ccccc3c2)=CC=CC1c1cccc(-c2ccc(-n3c4ccccc4c4cnccc43)cc2)n1. The molecule has 42 heavy (non-hydrogen) atoms. The molecule has 1 aliphatic rings. The smallest absolute Gasteiger partial charge is 0.0897 e. The maximum Gasteiger partial charge on any atom is 0.0897 e. The van der Waals surface area contributed by atoms with Crippen molar-refractivity contribution in [3.63, 3.8) is 0 Å². The van der Waals surface area contributed by atoms with E-state index in [1.165, 1.54) is 32.9 Å². The van der Waals surface area contributed by atoms with Gasteiger partial charge >= 0.3 is 0 Å². The van der Waals surface area contributed by atoms with Gasteiger partial charge in [-0.15, -0.1) is 0 Å². The summed E-state index contributed by atoms with van der Waals surface area (Å²) < 4.78 is 2.31. The minimum Gasteiger partial charge on any atom is -0.362 e. The topological polar surface area (TPSA) is 34.0 Å². The van der Waals surface area contributed by atoms with Crippen molar-refractivity contribution >= 4 is 38.3 Å². The number of nitrogens with zero attached hydrogens (tertiary/aromatic N) is 4. The molecular formula is C38H28N4. The molecule has 4 nitrogen and oxygen atoms in total. The number of pyridine rings is 2. The fourth-order valence-electron chi connectivity index (χ4n) is 6.25. The molecule has 0 saturated carbocycles. The first kappa shape index (κ1) is 24.3. The molecule has 1 atom stereocenters. The van der Waals surface area contributed by atoms with E-state index in [0.717, 1.165) is 33.5 Å². The molecule has 8 rings (SSSR count). The minimum atomic E-state index is 0.0434. The number of fused-ring (bicyclic) bond motifs is 4. The predicted octanol–water partition coefficient (Wildman–Crippen LogP) is 8.98. The van der Waals surface area contributed by atoms with Crippen LogP contribution < -0.4 is 0 Å². The van der Waals surface area contributed by atoms with Gasteiger partial charge in [0.1, 0.15) is 0 Å². The van der Waals surface area contributed by atoms with Gasteiger partial charge in [0.25, 0.3) is 0 Å². The lowest BCUT2D eigenvalue weighted by molar-refractivity contribution is 0.405. The predicted molar refractivity (Wildman–Crippen MR) is 173 cm³/mol. The van der Waals surface area contributed by atoms with Crippen molar-refractivity contribution in [3.05, 3.63) is 157 Å². The largest absolute Gasteiger partial charge is 0.362 e. The molecule has 0 spiro atoms. The molecule has 0 N–H and O–H groups in total. The van der Waals surface area contributed by atoms with Crippen LogP contribution in [0.25, 0.3) is 55.2 Å². The highest BCUT2D eigenvalue weighted by Crippen LogP contribution is 2.35. The zero-order valence-corrected chi connectivity index (χ0v) is 23.2. The number of benzene rings is 4. The van der Waals surface area contributed by atoms with Crippen molar-refractivity contribution < 1.29 is 0 Å². The quantitative estimate of drug-likeness (QED) is 0.223. The van der Waals surface area contributed by atoms with Crippen molar-refractivity contribution in [2.45, 2.75) is 6.04 Å². The third-order valence-electron chi connectivity index (χ3n) is 8.36. The summed E-state index contributed by atoms with van der Waals surface area (Å²) in [6.07, 6.45) is 10.4. The Morgan fingerprint density at radius 1 is 0.667 bits per heavy atom. The van der Waals surface area contributed by atoms with Crippen LogP contribution in [0, 0.1) is 0 Å². The lowest BCUT2D eigenvalue weighted by atomic mass is 9.99. The Morgan fingerprint density at radius 3 is 2.36 bits per heavy atom. The number of aromatic nitrogens is 3. The van der Waals surface area contributed by atoms with Gasteiger partial charge in [0.05, 0.1) is 28.5 Å². The summed E-state index contributed by atoms with van der Waals surface area (Å²) >= 11 is 0. The van der Waals surface area contributed by atoms with E-state index in [2.05, 4.69) is 155 Å². The van der Waals surface area contributed by atoms with Crippen LogP contribution in [-0.4, -0.2) is 26.5 Å². The molecule has 0 bridgehead atoms. The van der Waals surface area contributed by atoms with Crippen LogP contribution >= 0.6 is 0 Å². The van der Waals surface area contributed by atoms with Gasteiger partial charge < -0.3 is 9.47 Å². The Bertz CT molecular complexity index is 2110. The van der Waals surface area contributed by atoms with Crippen LogP contribution in [0.15, 0.2) is 146 Å². The molecule has 7 aromatic rings. The number of hydrogen-bond donors (Lipinski definition) is 0. The van der Waals surface area contributed by atoms with Crippen LogP contribution in [0.1, 0.15) is 17.3 Å². The Labute approximate surface area is 244 Å². The van der Waals surface area contributed by atoms with Crippen molar-refractivity contribution in [1.29, 1.82) is 0 Å². The Balaban J connectivity index is 1.11. The second kappa shape index (κ2) is 9.86. The Hall–Kier alpha value is -5.48. The molecule has 0 saturated heterocycles. The minimum absolute atomic E-state index is 0.0434. The second-order valence-corrected chi connectivity index (χ2v) is 10.8. The van der Waals surface area contributed by atoms with E-state index in [-0.39, 0.29) is 6.04 Å². The molecular weight excluding hydrogens is 512 g/mol. The Kier molecular flexibility index (Phi) is 5.71. The molecule has 1 unspecified atom stereocenters. The van der Waals surface area contributed by atoms with Gasteiger partial charge in [0, 0.05) is 47.2 Å². The number of allylic oxidation sites excluding steroid dienone is 2. The summed E-state index contributed by atoms with van der Waals surface area (Å²) in [6, 6.07) is 40.9. The van der Waals surface area contributed by atoms with E-state index in [0.29, 0.717) is 0 Å². The summed E-state index contributed by atoms with van der Waals surface area (Å²) in [4.78, 5) is 11.8. The van der Waals surface area contributed by atoms with Crippen LogP contribution in [-0.2, 0) is 0 Å². The summed E-state index contributed by atoms with van der Waals surface area (Å²) in [6.45, 7) is 0. The van der Waals surface area contributed by atoms with Crippen molar-refractivity contribution in [1.82, 2.24) is 19.4 Å². The van der Waals surface area contributed by atoms with Crippen molar-refractivity contribution in [2.24, 2.45) is 0 Å². The summed E-state index contributed by atoms with van der Waals surface area (Å²) in [5.74, 6) is 0. The first-order valence-corrected chi connectivity index (χ1v) is 14.3. The van der Waals surface area contributed by atoms with Crippen LogP contribution in [0.5, 0.6) is 0 Å². The molecule has 0 aliphatic carbocycles. The van der Waals surface area contributed by atoms with Crippen LogP contribution in [0.2, 0.25) is 0 Å². The highest BCUT2D eigenvalue weighted by atomic mass is 15.2. The second-order valence-electron chi connectivity index (χ2n) is 10.8. The normalized spacial score (nSPS) is 15.0. The zero-order valence-electron chi connectivity index (χ0n) is 23.2. The summed E-state index contributed by atoms with van der Waals surface area (Å²) in [7, 11) is 2.15. The van der Waals surface area contributed by atoms with E-state index in [9.17, 15) is 0 Å². The molecule has 1 aliphatic heterocycles. The molecule has 4 heterocycles. The maximum atomic E-state index is 5.15. The van der Waals surface area contributed by atoms with E-state index in [4.69, 9.17) is 4.98 Å². The van der Waals surface area contributed by atoms with Gasteiger partial charge in [0.15, 0.2) is 0 Å². The maximum absolute atomic E-state index is 5.15. The number of likely N-dealkylation sites (N-methyl/N-ethyl adjacent to an activating group) is 1. The van der Waals surface area contributed by atoms with E-state index in [1.54, 1.807) is 0 Å². The van der Waals surface area contributed by atoms with Crippen LogP contribution in [0.4, 0.5) is 0 Å². The van der Waals surface area contributed by atoms with Crippen LogP contribution in [0.3, 0.4) is 0 Å².